The van der Waals surface area contributed by atoms with Gasteiger partial charge in [0.2, 0.25) is 0 Å². The minimum absolute atomic E-state index is 0.120. The molecular weight excluding hydrogens is 385 g/mol. The van der Waals surface area contributed by atoms with Crippen molar-refractivity contribution in [3.63, 3.8) is 0 Å². The highest BCUT2D eigenvalue weighted by atomic mass is 32.2. The van der Waals surface area contributed by atoms with Gasteiger partial charge in [-0.25, -0.2) is 22.8 Å². The van der Waals surface area contributed by atoms with Crippen LogP contribution in [0.5, 0.6) is 0 Å². The standard InChI is InChI=1S/C19H16FN3O2S2/c1-2-23-16-6-4-3-5-15(16)18-17(27(23,24)25)11-21-19(22-18)26-12-13-7-9-14(20)10-8-13/h3-11H,2,12H2,1H3. The van der Waals surface area contributed by atoms with E-state index in [4.69, 9.17) is 0 Å². The molecule has 1 aliphatic heterocycles. The van der Waals surface area contributed by atoms with E-state index in [1.807, 2.05) is 18.2 Å². The molecule has 1 aliphatic rings. The van der Waals surface area contributed by atoms with Gasteiger partial charge in [-0.2, -0.15) is 0 Å². The van der Waals surface area contributed by atoms with Crippen molar-refractivity contribution < 1.29 is 12.8 Å². The summed E-state index contributed by atoms with van der Waals surface area (Å²) in [7, 11) is -3.68. The monoisotopic (exact) mass is 401 g/mol. The highest BCUT2D eigenvalue weighted by molar-refractivity contribution is 7.98. The maximum absolute atomic E-state index is 13.0. The highest BCUT2D eigenvalue weighted by Gasteiger charge is 2.35. The van der Waals surface area contributed by atoms with Crippen LogP contribution in [0.1, 0.15) is 12.5 Å². The topological polar surface area (TPSA) is 63.2 Å². The summed E-state index contributed by atoms with van der Waals surface area (Å²) >= 11 is 1.38. The molecule has 8 heteroatoms. The van der Waals surface area contributed by atoms with Gasteiger partial charge in [0.1, 0.15) is 10.7 Å². The van der Waals surface area contributed by atoms with Gasteiger partial charge in [-0.1, -0.05) is 42.1 Å². The molecule has 1 aromatic heterocycles. The van der Waals surface area contributed by atoms with Crippen molar-refractivity contribution in [3.05, 3.63) is 66.1 Å². The number of hydrogen-bond donors (Lipinski definition) is 0. The SMILES string of the molecule is CCN1c2ccccc2-c2nc(SCc3ccc(F)cc3)ncc2S1(=O)=O. The Bertz CT molecular complexity index is 1100. The summed E-state index contributed by atoms with van der Waals surface area (Å²) in [5, 5.41) is 0.480. The molecule has 2 heterocycles. The van der Waals surface area contributed by atoms with E-state index in [0.717, 1.165) is 11.1 Å². The van der Waals surface area contributed by atoms with Crippen molar-refractivity contribution in [1.29, 1.82) is 0 Å². The largest absolute Gasteiger partial charge is 0.268 e. The van der Waals surface area contributed by atoms with Crippen LogP contribution >= 0.6 is 11.8 Å². The molecule has 0 radical (unpaired) electrons. The third-order valence-corrected chi connectivity index (χ3v) is 7.12. The summed E-state index contributed by atoms with van der Waals surface area (Å²) in [6, 6.07) is 13.6. The molecule has 5 nitrogen and oxygen atoms in total. The van der Waals surface area contributed by atoms with E-state index in [1.54, 1.807) is 25.1 Å². The van der Waals surface area contributed by atoms with Crippen LogP contribution in [-0.4, -0.2) is 24.9 Å². The summed E-state index contributed by atoms with van der Waals surface area (Å²) in [6.45, 7) is 2.13. The smallest absolute Gasteiger partial charge is 0.266 e. The van der Waals surface area contributed by atoms with Crippen LogP contribution < -0.4 is 4.31 Å². The average Bonchev–Trinajstić information content (AvgIpc) is 2.67. The second-order valence-corrected chi connectivity index (χ2v) is 8.74. The quantitative estimate of drug-likeness (QED) is 0.486. The molecule has 27 heavy (non-hydrogen) atoms. The molecule has 0 unspecified atom stereocenters. The van der Waals surface area contributed by atoms with E-state index in [1.165, 1.54) is 34.4 Å². The molecule has 0 aliphatic carbocycles. The lowest BCUT2D eigenvalue weighted by Gasteiger charge is -2.30. The summed E-state index contributed by atoms with van der Waals surface area (Å²) in [6.07, 6.45) is 1.38. The predicted molar refractivity (Wildman–Crippen MR) is 104 cm³/mol. The number of sulfonamides is 1. The molecule has 0 amide bonds. The number of benzene rings is 2. The van der Waals surface area contributed by atoms with E-state index in [2.05, 4.69) is 9.97 Å². The Balaban J connectivity index is 1.72. The van der Waals surface area contributed by atoms with Crippen LogP contribution in [0.2, 0.25) is 0 Å². The zero-order chi connectivity index (χ0) is 19.0. The van der Waals surface area contributed by atoms with Crippen LogP contribution in [-0.2, 0) is 15.8 Å². The van der Waals surface area contributed by atoms with Crippen molar-refractivity contribution in [1.82, 2.24) is 9.97 Å². The van der Waals surface area contributed by atoms with Gasteiger partial charge >= 0.3 is 0 Å². The van der Waals surface area contributed by atoms with Gasteiger partial charge < -0.3 is 0 Å². The van der Waals surface area contributed by atoms with Gasteiger partial charge in [0.25, 0.3) is 10.0 Å². The number of anilines is 1. The number of halogens is 1. The predicted octanol–water partition coefficient (Wildman–Crippen LogP) is 4.10. The Morgan fingerprint density at radius 3 is 2.59 bits per heavy atom. The Morgan fingerprint density at radius 2 is 1.85 bits per heavy atom. The lowest BCUT2D eigenvalue weighted by molar-refractivity contribution is 0.589. The van der Waals surface area contributed by atoms with Gasteiger partial charge in [-0.3, -0.25) is 4.31 Å². The number of nitrogens with zero attached hydrogens (tertiary/aromatic N) is 3. The molecule has 0 fully saturated rings. The molecule has 0 saturated carbocycles. The molecule has 0 atom stereocenters. The van der Waals surface area contributed by atoms with Gasteiger partial charge in [-0.05, 0) is 30.7 Å². The minimum atomic E-state index is -3.68. The first-order valence-electron chi connectivity index (χ1n) is 8.37. The van der Waals surface area contributed by atoms with E-state index < -0.39 is 10.0 Å². The third-order valence-electron chi connectivity index (χ3n) is 4.30. The normalized spacial score (nSPS) is 14.5. The molecule has 0 bridgehead atoms. The molecule has 138 valence electrons. The molecule has 2 aromatic carbocycles. The fourth-order valence-electron chi connectivity index (χ4n) is 3.01. The molecule has 0 N–H and O–H groups in total. The number of para-hydroxylation sites is 1. The van der Waals surface area contributed by atoms with Crippen LogP contribution in [0.4, 0.5) is 10.1 Å². The Labute approximate surface area is 161 Å². The zero-order valence-electron chi connectivity index (χ0n) is 14.5. The van der Waals surface area contributed by atoms with E-state index in [-0.39, 0.29) is 10.7 Å². The van der Waals surface area contributed by atoms with Crippen molar-refractivity contribution in [2.45, 2.75) is 22.7 Å². The van der Waals surface area contributed by atoms with Gasteiger partial charge in [-0.15, -0.1) is 0 Å². The fourth-order valence-corrected chi connectivity index (χ4v) is 5.37. The molecule has 4 rings (SSSR count). The Morgan fingerprint density at radius 1 is 1.11 bits per heavy atom. The van der Waals surface area contributed by atoms with Gasteiger partial charge in [0, 0.05) is 17.9 Å². The van der Waals surface area contributed by atoms with Crippen molar-refractivity contribution >= 4 is 27.5 Å². The second-order valence-electron chi connectivity index (χ2n) is 5.97. The summed E-state index contributed by atoms with van der Waals surface area (Å²) in [5.41, 5.74) is 2.76. The fraction of sp³-hybridized carbons (Fsp3) is 0.158. The highest BCUT2D eigenvalue weighted by Crippen LogP contribution is 2.41. The van der Waals surface area contributed by atoms with Gasteiger partial charge in [0.05, 0.1) is 17.6 Å². The maximum Gasteiger partial charge on any atom is 0.268 e. The lowest BCUT2D eigenvalue weighted by Crippen LogP contribution is -2.34. The van der Waals surface area contributed by atoms with Crippen molar-refractivity contribution in [2.75, 3.05) is 10.8 Å². The summed E-state index contributed by atoms with van der Waals surface area (Å²) < 4.78 is 40.2. The second kappa shape index (κ2) is 6.94. The molecule has 0 saturated heterocycles. The van der Waals surface area contributed by atoms with Crippen LogP contribution in [0.25, 0.3) is 11.3 Å². The average molecular weight is 401 g/mol. The number of hydrogen-bond acceptors (Lipinski definition) is 5. The van der Waals surface area contributed by atoms with Crippen LogP contribution in [0.3, 0.4) is 0 Å². The number of thioether (sulfide) groups is 1. The Kier molecular flexibility index (Phi) is 4.61. The van der Waals surface area contributed by atoms with E-state index in [0.29, 0.717) is 28.8 Å². The number of rotatable bonds is 4. The summed E-state index contributed by atoms with van der Waals surface area (Å²) in [4.78, 5) is 8.88. The first kappa shape index (κ1) is 17.9. The molecular formula is C19H16FN3O2S2. The van der Waals surface area contributed by atoms with Crippen LogP contribution in [0, 0.1) is 5.82 Å². The maximum atomic E-state index is 13.0. The van der Waals surface area contributed by atoms with E-state index >= 15 is 0 Å². The number of aromatic nitrogens is 2. The molecule has 0 spiro atoms. The van der Waals surface area contributed by atoms with E-state index in [9.17, 15) is 12.8 Å². The summed E-state index contributed by atoms with van der Waals surface area (Å²) in [5.74, 6) is 0.283. The van der Waals surface area contributed by atoms with Gasteiger partial charge in [0.15, 0.2) is 5.16 Å². The lowest BCUT2D eigenvalue weighted by atomic mass is 10.1. The minimum Gasteiger partial charge on any atom is -0.266 e. The van der Waals surface area contributed by atoms with Crippen molar-refractivity contribution in [3.8, 4) is 11.3 Å². The van der Waals surface area contributed by atoms with Crippen molar-refractivity contribution in [2.24, 2.45) is 0 Å². The zero-order valence-corrected chi connectivity index (χ0v) is 16.1. The Hall–Kier alpha value is -2.45. The first-order valence-corrected chi connectivity index (χ1v) is 10.8. The third kappa shape index (κ3) is 3.19. The molecule has 3 aromatic rings. The number of fused-ring (bicyclic) bond motifs is 3. The van der Waals surface area contributed by atoms with Crippen LogP contribution in [0.15, 0.2) is 64.8 Å². The first-order chi connectivity index (χ1) is 13.0.